The van der Waals surface area contributed by atoms with Crippen molar-refractivity contribution in [2.24, 2.45) is 11.8 Å². The standard InChI is InChI=1S/C12H14O3/c1-15-9-5-8(13)10-6-2-3-7(4-6)11(10)12(9)14/h6-7,9H,2-5H2,1H3. The normalized spacial score (nSPS) is 38.9. The molecule has 0 radical (unpaired) electrons. The highest BCUT2D eigenvalue weighted by Gasteiger charge is 2.48. The Hall–Kier alpha value is -0.960. The number of allylic oxidation sites excluding steroid dienone is 1. The fourth-order valence-electron chi connectivity index (χ4n) is 3.39. The summed E-state index contributed by atoms with van der Waals surface area (Å²) in [7, 11) is 1.51. The number of hydrogen-bond donors (Lipinski definition) is 0. The van der Waals surface area contributed by atoms with Crippen molar-refractivity contribution in [1.29, 1.82) is 0 Å². The Kier molecular flexibility index (Phi) is 1.87. The Morgan fingerprint density at radius 1 is 1.13 bits per heavy atom. The first kappa shape index (κ1) is 9.28. The van der Waals surface area contributed by atoms with Crippen LogP contribution >= 0.6 is 0 Å². The lowest BCUT2D eigenvalue weighted by atomic mass is 9.79. The Balaban J connectivity index is 2.07. The maximum atomic E-state index is 12.0. The molecular formula is C12H14O3. The van der Waals surface area contributed by atoms with Crippen LogP contribution in [0, 0.1) is 11.8 Å². The molecule has 3 nitrogen and oxygen atoms in total. The number of Topliss-reactive ketones (excluding diaryl/α,β-unsaturated/α-hetero) is 2. The predicted molar refractivity (Wildman–Crippen MR) is 53.3 cm³/mol. The first-order chi connectivity index (χ1) is 7.22. The molecule has 0 saturated heterocycles. The fourth-order valence-corrected chi connectivity index (χ4v) is 3.39. The largest absolute Gasteiger partial charge is 0.373 e. The van der Waals surface area contributed by atoms with E-state index < -0.39 is 6.10 Å². The molecule has 1 fully saturated rings. The maximum absolute atomic E-state index is 12.0. The molecule has 0 aromatic rings. The Labute approximate surface area is 88.5 Å². The van der Waals surface area contributed by atoms with Crippen LogP contribution in [0.1, 0.15) is 25.7 Å². The average Bonchev–Trinajstić information content (AvgIpc) is 2.83. The van der Waals surface area contributed by atoms with Crippen molar-refractivity contribution < 1.29 is 14.3 Å². The zero-order chi connectivity index (χ0) is 10.6. The van der Waals surface area contributed by atoms with Crippen LogP contribution in [0.4, 0.5) is 0 Å². The van der Waals surface area contributed by atoms with Crippen LogP contribution in [0.15, 0.2) is 11.1 Å². The van der Waals surface area contributed by atoms with E-state index in [4.69, 9.17) is 4.74 Å². The number of methoxy groups -OCH3 is 1. The molecule has 0 heterocycles. The summed E-state index contributed by atoms with van der Waals surface area (Å²) in [6.45, 7) is 0. The summed E-state index contributed by atoms with van der Waals surface area (Å²) in [6, 6.07) is 0. The van der Waals surface area contributed by atoms with E-state index in [2.05, 4.69) is 0 Å². The summed E-state index contributed by atoms with van der Waals surface area (Å²) < 4.78 is 5.09. The second-order valence-electron chi connectivity index (χ2n) is 4.75. The van der Waals surface area contributed by atoms with Gasteiger partial charge < -0.3 is 4.74 Å². The van der Waals surface area contributed by atoms with Gasteiger partial charge in [0.2, 0.25) is 0 Å². The van der Waals surface area contributed by atoms with Crippen LogP contribution in [-0.2, 0) is 14.3 Å². The van der Waals surface area contributed by atoms with Crippen LogP contribution in [0.2, 0.25) is 0 Å². The number of rotatable bonds is 1. The number of ketones is 2. The van der Waals surface area contributed by atoms with E-state index in [0.717, 1.165) is 30.4 Å². The third kappa shape index (κ3) is 1.10. The van der Waals surface area contributed by atoms with Crippen LogP contribution in [0.25, 0.3) is 0 Å². The molecule has 0 spiro atoms. The molecule has 15 heavy (non-hydrogen) atoms. The molecular weight excluding hydrogens is 192 g/mol. The molecule has 0 amide bonds. The van der Waals surface area contributed by atoms with Crippen molar-refractivity contribution in [3.8, 4) is 0 Å². The molecule has 80 valence electrons. The van der Waals surface area contributed by atoms with Gasteiger partial charge in [0.1, 0.15) is 6.10 Å². The predicted octanol–water partition coefficient (Wildman–Crippen LogP) is 1.27. The van der Waals surface area contributed by atoms with E-state index in [1.807, 2.05) is 0 Å². The molecule has 1 saturated carbocycles. The number of carbonyl (C=O) groups is 2. The van der Waals surface area contributed by atoms with E-state index >= 15 is 0 Å². The lowest BCUT2D eigenvalue weighted by Gasteiger charge is -2.26. The molecule has 0 aliphatic heterocycles. The van der Waals surface area contributed by atoms with Crippen molar-refractivity contribution in [2.45, 2.75) is 31.8 Å². The van der Waals surface area contributed by atoms with E-state index in [9.17, 15) is 9.59 Å². The lowest BCUT2D eigenvalue weighted by Crippen LogP contribution is -2.36. The molecule has 3 unspecified atom stereocenters. The molecule has 3 rings (SSSR count). The molecule has 3 heteroatoms. The smallest absolute Gasteiger partial charge is 0.188 e. The van der Waals surface area contributed by atoms with Crippen LogP contribution < -0.4 is 0 Å². The summed E-state index contributed by atoms with van der Waals surface area (Å²) in [6.07, 6.45) is 2.96. The average molecular weight is 206 g/mol. The second kappa shape index (κ2) is 3.01. The Morgan fingerprint density at radius 3 is 2.47 bits per heavy atom. The SMILES string of the molecule is COC1CC(=O)C2=C(C1=O)C1CCC2C1. The van der Waals surface area contributed by atoms with Gasteiger partial charge in [-0.15, -0.1) is 0 Å². The topological polar surface area (TPSA) is 43.4 Å². The minimum absolute atomic E-state index is 0.0827. The summed E-state index contributed by atoms with van der Waals surface area (Å²) in [4.78, 5) is 23.9. The lowest BCUT2D eigenvalue weighted by molar-refractivity contribution is -0.132. The van der Waals surface area contributed by atoms with Gasteiger partial charge in [-0.25, -0.2) is 0 Å². The number of ether oxygens (including phenoxy) is 1. The fraction of sp³-hybridized carbons (Fsp3) is 0.667. The molecule has 3 aliphatic carbocycles. The highest BCUT2D eigenvalue weighted by Crippen LogP contribution is 2.51. The van der Waals surface area contributed by atoms with Gasteiger partial charge in [-0.05, 0) is 31.1 Å². The monoisotopic (exact) mass is 206 g/mol. The van der Waals surface area contributed by atoms with Gasteiger partial charge in [-0.1, -0.05) is 0 Å². The van der Waals surface area contributed by atoms with Gasteiger partial charge in [0.15, 0.2) is 11.6 Å². The molecule has 3 atom stereocenters. The van der Waals surface area contributed by atoms with Gasteiger partial charge in [0.05, 0.1) is 0 Å². The first-order valence-corrected chi connectivity index (χ1v) is 5.56. The second-order valence-corrected chi connectivity index (χ2v) is 4.75. The van der Waals surface area contributed by atoms with E-state index in [0.29, 0.717) is 11.8 Å². The number of carbonyl (C=O) groups excluding carboxylic acids is 2. The first-order valence-electron chi connectivity index (χ1n) is 5.56. The van der Waals surface area contributed by atoms with E-state index in [-0.39, 0.29) is 18.0 Å². The van der Waals surface area contributed by atoms with Crippen LogP contribution in [-0.4, -0.2) is 24.8 Å². The van der Waals surface area contributed by atoms with E-state index in [1.165, 1.54) is 7.11 Å². The Morgan fingerprint density at radius 2 is 1.80 bits per heavy atom. The summed E-state index contributed by atoms with van der Waals surface area (Å²) in [5.74, 6) is 0.988. The van der Waals surface area contributed by atoms with Gasteiger partial charge in [0.25, 0.3) is 0 Å². The summed E-state index contributed by atoms with van der Waals surface area (Å²) in [5, 5.41) is 0. The quantitative estimate of drug-likeness (QED) is 0.649. The highest BCUT2D eigenvalue weighted by atomic mass is 16.5. The number of hydrogen-bond acceptors (Lipinski definition) is 3. The van der Waals surface area contributed by atoms with Crippen molar-refractivity contribution in [3.05, 3.63) is 11.1 Å². The van der Waals surface area contributed by atoms with Crippen LogP contribution in [0.3, 0.4) is 0 Å². The highest BCUT2D eigenvalue weighted by molar-refractivity contribution is 6.15. The van der Waals surface area contributed by atoms with Crippen molar-refractivity contribution in [3.63, 3.8) is 0 Å². The van der Waals surface area contributed by atoms with Gasteiger partial charge in [-0.3, -0.25) is 9.59 Å². The molecule has 0 N–H and O–H groups in total. The van der Waals surface area contributed by atoms with Gasteiger partial charge in [-0.2, -0.15) is 0 Å². The third-order valence-corrected chi connectivity index (χ3v) is 4.05. The zero-order valence-corrected chi connectivity index (χ0v) is 8.79. The van der Waals surface area contributed by atoms with Crippen molar-refractivity contribution in [1.82, 2.24) is 0 Å². The van der Waals surface area contributed by atoms with Crippen LogP contribution in [0.5, 0.6) is 0 Å². The molecule has 0 aromatic carbocycles. The summed E-state index contributed by atoms with van der Waals surface area (Å²) >= 11 is 0. The molecule has 2 bridgehead atoms. The van der Waals surface area contributed by atoms with Crippen molar-refractivity contribution >= 4 is 11.6 Å². The third-order valence-electron chi connectivity index (χ3n) is 4.05. The zero-order valence-electron chi connectivity index (χ0n) is 8.79. The maximum Gasteiger partial charge on any atom is 0.188 e. The Bertz CT molecular complexity index is 380. The summed E-state index contributed by atoms with van der Waals surface area (Å²) in [5.41, 5.74) is 1.69. The molecule has 0 aromatic heterocycles. The minimum Gasteiger partial charge on any atom is -0.373 e. The minimum atomic E-state index is -0.504. The van der Waals surface area contributed by atoms with Gasteiger partial charge in [0, 0.05) is 24.7 Å². The van der Waals surface area contributed by atoms with E-state index in [1.54, 1.807) is 0 Å². The van der Waals surface area contributed by atoms with Gasteiger partial charge >= 0.3 is 0 Å². The molecule has 3 aliphatic rings. The number of fused-ring (bicyclic) bond motifs is 4. The van der Waals surface area contributed by atoms with Crippen molar-refractivity contribution in [2.75, 3.05) is 7.11 Å².